The van der Waals surface area contributed by atoms with Crippen molar-refractivity contribution in [3.63, 3.8) is 0 Å². The lowest BCUT2D eigenvalue weighted by Crippen LogP contribution is -2.51. The molecule has 3 amide bonds. The highest BCUT2D eigenvalue weighted by atomic mass is 16.5. The first-order valence-electron chi connectivity index (χ1n) is 13.1. The van der Waals surface area contributed by atoms with Gasteiger partial charge in [-0.15, -0.1) is 0 Å². The van der Waals surface area contributed by atoms with Crippen LogP contribution in [0.4, 0.5) is 0 Å². The van der Waals surface area contributed by atoms with Gasteiger partial charge < -0.3 is 19.9 Å². The molecular weight excluding hydrogens is 430 g/mol. The van der Waals surface area contributed by atoms with E-state index in [2.05, 4.69) is 5.32 Å². The van der Waals surface area contributed by atoms with Gasteiger partial charge in [0.2, 0.25) is 17.7 Å². The van der Waals surface area contributed by atoms with Crippen LogP contribution in [0.5, 0.6) is 5.75 Å². The first-order valence-corrected chi connectivity index (χ1v) is 13.1. The van der Waals surface area contributed by atoms with Gasteiger partial charge in [-0.2, -0.15) is 0 Å². The summed E-state index contributed by atoms with van der Waals surface area (Å²) in [4.78, 5) is 42.2. The molecule has 7 heteroatoms. The van der Waals surface area contributed by atoms with Crippen LogP contribution in [0.2, 0.25) is 0 Å². The SMILES string of the molecule is O=C(NC1CCN(C(=O)C2CCCCC2)CC1)C1CCCN(C(=O)CCOc2ccccc2)C1. The third-order valence-corrected chi connectivity index (χ3v) is 7.58. The highest BCUT2D eigenvalue weighted by Crippen LogP contribution is 2.27. The van der Waals surface area contributed by atoms with Crippen LogP contribution in [0, 0.1) is 11.8 Å². The average molecular weight is 470 g/mol. The predicted octanol–water partition coefficient (Wildman–Crippen LogP) is 3.38. The molecule has 2 aliphatic heterocycles. The second-order valence-electron chi connectivity index (χ2n) is 10.0. The number of hydrogen-bond acceptors (Lipinski definition) is 4. The molecule has 4 rings (SSSR count). The summed E-state index contributed by atoms with van der Waals surface area (Å²) in [6.45, 7) is 2.99. The van der Waals surface area contributed by atoms with Gasteiger partial charge in [0.25, 0.3) is 0 Å². The lowest BCUT2D eigenvalue weighted by molar-refractivity contribution is -0.137. The number of amides is 3. The van der Waals surface area contributed by atoms with Crippen molar-refractivity contribution in [3.8, 4) is 5.75 Å². The van der Waals surface area contributed by atoms with E-state index in [-0.39, 0.29) is 29.7 Å². The zero-order chi connectivity index (χ0) is 23.8. The van der Waals surface area contributed by atoms with Crippen molar-refractivity contribution in [1.29, 1.82) is 0 Å². The van der Waals surface area contributed by atoms with Gasteiger partial charge in [0, 0.05) is 38.1 Å². The summed E-state index contributed by atoms with van der Waals surface area (Å²) in [5.74, 6) is 1.23. The summed E-state index contributed by atoms with van der Waals surface area (Å²) in [5.41, 5.74) is 0. The van der Waals surface area contributed by atoms with E-state index in [4.69, 9.17) is 4.74 Å². The summed E-state index contributed by atoms with van der Waals surface area (Å²) in [7, 11) is 0. The van der Waals surface area contributed by atoms with Crippen LogP contribution in [0.1, 0.15) is 64.2 Å². The highest BCUT2D eigenvalue weighted by Gasteiger charge is 2.32. The van der Waals surface area contributed by atoms with Crippen molar-refractivity contribution in [2.75, 3.05) is 32.8 Å². The summed E-state index contributed by atoms with van der Waals surface area (Å²) in [6.07, 6.45) is 9.27. The Morgan fingerprint density at radius 2 is 1.53 bits per heavy atom. The molecule has 3 aliphatic rings. The van der Waals surface area contributed by atoms with Gasteiger partial charge in [0.05, 0.1) is 18.9 Å². The number of likely N-dealkylation sites (tertiary alicyclic amines) is 2. The van der Waals surface area contributed by atoms with Gasteiger partial charge >= 0.3 is 0 Å². The molecule has 0 aromatic heterocycles. The second-order valence-corrected chi connectivity index (χ2v) is 10.0. The Labute approximate surface area is 203 Å². The van der Waals surface area contributed by atoms with E-state index in [1.54, 1.807) is 0 Å². The van der Waals surface area contributed by atoms with Crippen molar-refractivity contribution in [2.45, 2.75) is 70.3 Å². The predicted molar refractivity (Wildman–Crippen MR) is 130 cm³/mol. The van der Waals surface area contributed by atoms with Crippen LogP contribution in [-0.2, 0) is 14.4 Å². The lowest BCUT2D eigenvalue weighted by atomic mass is 9.87. The number of hydrogen-bond donors (Lipinski definition) is 1. The fourth-order valence-corrected chi connectivity index (χ4v) is 5.52. The summed E-state index contributed by atoms with van der Waals surface area (Å²) >= 11 is 0. The molecule has 1 aliphatic carbocycles. The third-order valence-electron chi connectivity index (χ3n) is 7.58. The molecule has 1 aromatic rings. The Morgan fingerprint density at radius 3 is 2.26 bits per heavy atom. The molecule has 1 atom stereocenters. The smallest absolute Gasteiger partial charge is 0.226 e. The maximum absolute atomic E-state index is 12.9. The number of piperidine rings is 2. The molecule has 1 N–H and O–H groups in total. The maximum Gasteiger partial charge on any atom is 0.226 e. The van der Waals surface area contributed by atoms with Gasteiger partial charge in [-0.1, -0.05) is 37.5 Å². The van der Waals surface area contributed by atoms with Crippen molar-refractivity contribution in [2.24, 2.45) is 11.8 Å². The first-order chi connectivity index (χ1) is 16.6. The Balaban J connectivity index is 1.17. The number of benzene rings is 1. The summed E-state index contributed by atoms with van der Waals surface area (Å²) in [6, 6.07) is 9.61. The Bertz CT molecular complexity index is 816. The zero-order valence-electron chi connectivity index (χ0n) is 20.3. The van der Waals surface area contributed by atoms with Crippen LogP contribution in [0.3, 0.4) is 0 Å². The molecule has 0 bridgehead atoms. The molecule has 186 valence electrons. The molecule has 2 saturated heterocycles. The summed E-state index contributed by atoms with van der Waals surface area (Å²) in [5, 5.41) is 3.21. The monoisotopic (exact) mass is 469 g/mol. The Kier molecular flexibility index (Phi) is 8.83. The standard InChI is InChI=1S/C27H39N3O4/c31-25(15-19-34-24-11-5-2-6-12-24)30-16-7-10-22(20-30)26(32)28-23-13-17-29(18-14-23)27(33)21-8-3-1-4-9-21/h2,5-6,11-12,21-23H,1,3-4,7-10,13-20H2,(H,28,32). The van der Waals surface area contributed by atoms with E-state index < -0.39 is 0 Å². The Hall–Kier alpha value is -2.57. The largest absolute Gasteiger partial charge is 0.493 e. The number of carbonyl (C=O) groups excluding carboxylic acids is 3. The van der Waals surface area contributed by atoms with Crippen molar-refractivity contribution in [1.82, 2.24) is 15.1 Å². The molecule has 0 radical (unpaired) electrons. The fraction of sp³-hybridized carbons (Fsp3) is 0.667. The van der Waals surface area contributed by atoms with Gasteiger partial charge in [-0.3, -0.25) is 14.4 Å². The van der Waals surface area contributed by atoms with Gasteiger partial charge in [0.15, 0.2) is 0 Å². The number of ether oxygens (including phenoxy) is 1. The van der Waals surface area contributed by atoms with E-state index >= 15 is 0 Å². The molecule has 2 heterocycles. The number of para-hydroxylation sites is 1. The van der Waals surface area contributed by atoms with Crippen LogP contribution in [-0.4, -0.2) is 66.3 Å². The average Bonchev–Trinajstić information content (AvgIpc) is 2.90. The molecule has 7 nitrogen and oxygen atoms in total. The quantitative estimate of drug-likeness (QED) is 0.664. The van der Waals surface area contributed by atoms with Crippen molar-refractivity contribution in [3.05, 3.63) is 30.3 Å². The van der Waals surface area contributed by atoms with Gasteiger partial charge in [0.1, 0.15) is 5.75 Å². The maximum atomic E-state index is 12.9. The minimum absolute atomic E-state index is 0.0444. The van der Waals surface area contributed by atoms with Gasteiger partial charge in [-0.05, 0) is 50.7 Å². The Morgan fingerprint density at radius 1 is 0.824 bits per heavy atom. The van der Waals surface area contributed by atoms with Crippen LogP contribution >= 0.6 is 0 Å². The minimum Gasteiger partial charge on any atom is -0.493 e. The van der Waals surface area contributed by atoms with Crippen LogP contribution in [0.15, 0.2) is 30.3 Å². The molecule has 3 fully saturated rings. The van der Waals surface area contributed by atoms with Crippen molar-refractivity contribution >= 4 is 17.7 Å². The second kappa shape index (κ2) is 12.2. The topological polar surface area (TPSA) is 79.0 Å². The molecule has 0 spiro atoms. The molecule has 34 heavy (non-hydrogen) atoms. The molecule has 1 aromatic carbocycles. The molecular formula is C27H39N3O4. The minimum atomic E-state index is -0.158. The normalized spacial score (nSPS) is 22.3. The van der Waals surface area contributed by atoms with Crippen LogP contribution < -0.4 is 10.1 Å². The van der Waals surface area contributed by atoms with E-state index in [0.29, 0.717) is 32.0 Å². The third kappa shape index (κ3) is 6.73. The molecule has 1 unspecified atom stereocenters. The fourth-order valence-electron chi connectivity index (χ4n) is 5.52. The first kappa shape index (κ1) is 24.6. The highest BCUT2D eigenvalue weighted by molar-refractivity contribution is 5.82. The van der Waals surface area contributed by atoms with Gasteiger partial charge in [-0.25, -0.2) is 0 Å². The van der Waals surface area contributed by atoms with Crippen LogP contribution in [0.25, 0.3) is 0 Å². The summed E-state index contributed by atoms with van der Waals surface area (Å²) < 4.78 is 5.65. The van der Waals surface area contributed by atoms with E-state index in [0.717, 1.165) is 57.4 Å². The van der Waals surface area contributed by atoms with E-state index in [9.17, 15) is 14.4 Å². The zero-order valence-corrected chi connectivity index (χ0v) is 20.3. The lowest BCUT2D eigenvalue weighted by Gasteiger charge is -2.37. The van der Waals surface area contributed by atoms with E-state index in [1.165, 1.54) is 19.3 Å². The molecule has 1 saturated carbocycles. The number of carbonyl (C=O) groups is 3. The number of nitrogens with zero attached hydrogens (tertiary/aromatic N) is 2. The van der Waals surface area contributed by atoms with Crippen molar-refractivity contribution < 1.29 is 19.1 Å². The van der Waals surface area contributed by atoms with E-state index in [1.807, 2.05) is 40.1 Å². The number of rotatable bonds is 7. The number of nitrogens with one attached hydrogen (secondary N) is 1.